The third kappa shape index (κ3) is 3.98. The van der Waals surface area contributed by atoms with Crippen molar-refractivity contribution >= 4 is 34.5 Å². The maximum absolute atomic E-state index is 13.8. The van der Waals surface area contributed by atoms with Crippen molar-refractivity contribution in [1.82, 2.24) is 14.8 Å². The average molecular weight is 444 g/mol. The van der Waals surface area contributed by atoms with Gasteiger partial charge in [-0.1, -0.05) is 17.7 Å². The monoisotopic (exact) mass is 443 g/mol. The number of hydrogen-bond donors (Lipinski definition) is 2. The lowest BCUT2D eigenvalue weighted by atomic mass is 10.1. The van der Waals surface area contributed by atoms with Crippen molar-refractivity contribution in [3.05, 3.63) is 58.9 Å². The summed E-state index contributed by atoms with van der Waals surface area (Å²) in [6.45, 7) is 2.60. The summed E-state index contributed by atoms with van der Waals surface area (Å²) in [5.41, 5.74) is 1.72. The molecule has 2 amide bonds. The first-order valence-corrected chi connectivity index (χ1v) is 10.0. The van der Waals surface area contributed by atoms with E-state index in [1.165, 1.54) is 17.0 Å². The fourth-order valence-corrected chi connectivity index (χ4v) is 4.01. The van der Waals surface area contributed by atoms with Crippen LogP contribution in [0.1, 0.15) is 17.3 Å². The predicted molar refractivity (Wildman–Crippen MR) is 114 cm³/mol. The molecule has 0 spiro atoms. The second-order valence-corrected chi connectivity index (χ2v) is 7.87. The Kier molecular flexibility index (Phi) is 5.41. The van der Waals surface area contributed by atoms with E-state index in [1.807, 2.05) is 0 Å². The van der Waals surface area contributed by atoms with Crippen LogP contribution in [0, 0.1) is 5.82 Å². The van der Waals surface area contributed by atoms with E-state index in [1.54, 1.807) is 36.1 Å². The van der Waals surface area contributed by atoms with Crippen LogP contribution < -0.4 is 0 Å². The molecule has 4 rings (SSSR count). The van der Waals surface area contributed by atoms with Crippen LogP contribution in [0.3, 0.4) is 0 Å². The molecule has 1 atom stereocenters. The minimum absolute atomic E-state index is 0.224. The fourth-order valence-electron chi connectivity index (χ4n) is 3.74. The molecule has 1 aliphatic heterocycles. The van der Waals surface area contributed by atoms with Crippen LogP contribution in [0.2, 0.25) is 5.02 Å². The van der Waals surface area contributed by atoms with Crippen LogP contribution in [-0.4, -0.2) is 62.7 Å². The molecular weight excluding hydrogens is 425 g/mol. The van der Waals surface area contributed by atoms with E-state index >= 15 is 0 Å². The van der Waals surface area contributed by atoms with Gasteiger partial charge in [0.25, 0.3) is 5.91 Å². The third-order valence-corrected chi connectivity index (χ3v) is 5.72. The van der Waals surface area contributed by atoms with E-state index in [4.69, 9.17) is 11.6 Å². The van der Waals surface area contributed by atoms with E-state index < -0.39 is 17.7 Å². The SMILES string of the molecule is CC1CN(C(=O)c2ccc3c(Cl)cc(-c4ccc(O)c(F)c4)nc3c2)CCN1C(=O)O. The zero-order valence-electron chi connectivity index (χ0n) is 16.5. The second-order valence-electron chi connectivity index (χ2n) is 7.46. The molecule has 0 aliphatic carbocycles. The highest BCUT2D eigenvalue weighted by molar-refractivity contribution is 6.35. The van der Waals surface area contributed by atoms with Crippen molar-refractivity contribution in [2.75, 3.05) is 19.6 Å². The highest BCUT2D eigenvalue weighted by Crippen LogP contribution is 2.30. The molecular formula is C22H19ClFN3O4. The number of fused-ring (bicyclic) bond motifs is 1. The summed E-state index contributed by atoms with van der Waals surface area (Å²) >= 11 is 6.39. The zero-order valence-corrected chi connectivity index (χ0v) is 17.3. The van der Waals surface area contributed by atoms with Gasteiger partial charge in [0.2, 0.25) is 0 Å². The first-order chi connectivity index (χ1) is 14.7. The second kappa shape index (κ2) is 8.03. The van der Waals surface area contributed by atoms with E-state index in [9.17, 15) is 24.2 Å². The molecule has 0 saturated carbocycles. The molecule has 1 saturated heterocycles. The summed E-state index contributed by atoms with van der Waals surface area (Å²) in [7, 11) is 0. The smallest absolute Gasteiger partial charge is 0.407 e. The van der Waals surface area contributed by atoms with Gasteiger partial charge in [0, 0.05) is 42.2 Å². The first-order valence-electron chi connectivity index (χ1n) is 9.62. The van der Waals surface area contributed by atoms with Gasteiger partial charge >= 0.3 is 6.09 Å². The minimum atomic E-state index is -0.998. The Labute approximate surface area is 182 Å². The largest absolute Gasteiger partial charge is 0.505 e. The van der Waals surface area contributed by atoms with Gasteiger partial charge < -0.3 is 20.0 Å². The Morgan fingerprint density at radius 1 is 1.16 bits per heavy atom. The number of aromatic nitrogens is 1. The molecule has 2 N–H and O–H groups in total. The molecule has 160 valence electrons. The molecule has 3 aromatic rings. The van der Waals surface area contributed by atoms with Crippen LogP contribution >= 0.6 is 11.6 Å². The van der Waals surface area contributed by atoms with Gasteiger partial charge in [0.15, 0.2) is 11.6 Å². The van der Waals surface area contributed by atoms with Crippen molar-refractivity contribution in [2.24, 2.45) is 0 Å². The number of benzene rings is 2. The number of halogens is 2. The van der Waals surface area contributed by atoms with Gasteiger partial charge in [-0.25, -0.2) is 14.2 Å². The van der Waals surface area contributed by atoms with Crippen molar-refractivity contribution in [3.8, 4) is 17.0 Å². The Bertz CT molecular complexity index is 1200. The molecule has 2 heterocycles. The molecule has 1 unspecified atom stereocenters. The lowest BCUT2D eigenvalue weighted by molar-refractivity contribution is 0.0507. The average Bonchev–Trinajstić information content (AvgIpc) is 2.74. The lowest BCUT2D eigenvalue weighted by Gasteiger charge is -2.38. The number of aromatic hydroxyl groups is 1. The summed E-state index contributed by atoms with van der Waals surface area (Å²) in [6, 6.07) is 10.2. The molecule has 7 nitrogen and oxygen atoms in total. The Balaban J connectivity index is 1.66. The molecule has 1 fully saturated rings. The fraction of sp³-hybridized carbons (Fsp3) is 0.227. The quantitative estimate of drug-likeness (QED) is 0.618. The summed E-state index contributed by atoms with van der Waals surface area (Å²) in [5.74, 6) is -1.45. The van der Waals surface area contributed by atoms with Crippen LogP contribution in [-0.2, 0) is 0 Å². The van der Waals surface area contributed by atoms with Crippen LogP contribution in [0.4, 0.5) is 9.18 Å². The van der Waals surface area contributed by atoms with Gasteiger partial charge in [-0.15, -0.1) is 0 Å². The standard InChI is InChI=1S/C22H19ClFN3O4/c1-12-11-26(6-7-27(12)22(30)31)21(29)14-2-4-15-16(23)10-18(25-19(15)9-14)13-3-5-20(28)17(24)8-13/h2-5,8-10,12,28H,6-7,11H2,1H3,(H,30,31). The van der Waals surface area contributed by atoms with Crippen LogP contribution in [0.15, 0.2) is 42.5 Å². The number of phenolic OH excluding ortho intramolecular Hbond substituents is 1. The zero-order chi connectivity index (χ0) is 22.3. The minimum Gasteiger partial charge on any atom is -0.505 e. The highest BCUT2D eigenvalue weighted by atomic mass is 35.5. The predicted octanol–water partition coefficient (Wildman–Crippen LogP) is 4.22. The maximum atomic E-state index is 13.8. The Morgan fingerprint density at radius 2 is 1.94 bits per heavy atom. The number of pyridine rings is 1. The lowest BCUT2D eigenvalue weighted by Crippen LogP contribution is -2.55. The number of piperazine rings is 1. The molecule has 1 aliphatic rings. The van der Waals surface area contributed by atoms with Gasteiger partial charge in [0.1, 0.15) is 0 Å². The Hall–Kier alpha value is -3.39. The maximum Gasteiger partial charge on any atom is 0.407 e. The van der Waals surface area contributed by atoms with Crippen molar-refractivity contribution < 1.29 is 24.2 Å². The van der Waals surface area contributed by atoms with E-state index in [-0.39, 0.29) is 18.5 Å². The number of carbonyl (C=O) groups is 2. The molecule has 0 radical (unpaired) electrons. The van der Waals surface area contributed by atoms with Crippen molar-refractivity contribution in [3.63, 3.8) is 0 Å². The molecule has 0 bridgehead atoms. The molecule has 9 heteroatoms. The van der Waals surface area contributed by atoms with E-state index in [0.29, 0.717) is 45.8 Å². The molecule has 31 heavy (non-hydrogen) atoms. The third-order valence-electron chi connectivity index (χ3n) is 5.41. The summed E-state index contributed by atoms with van der Waals surface area (Å²) < 4.78 is 13.8. The molecule has 2 aromatic carbocycles. The van der Waals surface area contributed by atoms with Crippen molar-refractivity contribution in [2.45, 2.75) is 13.0 Å². The number of carboxylic acid groups (broad SMARTS) is 1. The number of nitrogens with zero attached hydrogens (tertiary/aromatic N) is 3. The van der Waals surface area contributed by atoms with E-state index in [2.05, 4.69) is 4.98 Å². The van der Waals surface area contributed by atoms with Crippen LogP contribution in [0.25, 0.3) is 22.2 Å². The van der Waals surface area contributed by atoms with Gasteiger partial charge in [-0.05, 0) is 43.3 Å². The first kappa shape index (κ1) is 20.9. The molecule has 1 aromatic heterocycles. The summed E-state index contributed by atoms with van der Waals surface area (Å²) in [5, 5.41) is 19.7. The van der Waals surface area contributed by atoms with Gasteiger partial charge in [0.05, 0.1) is 16.2 Å². The highest BCUT2D eigenvalue weighted by Gasteiger charge is 2.30. The number of rotatable bonds is 2. The normalized spacial score (nSPS) is 16.5. The van der Waals surface area contributed by atoms with Gasteiger partial charge in [-0.3, -0.25) is 4.79 Å². The Morgan fingerprint density at radius 3 is 2.61 bits per heavy atom. The van der Waals surface area contributed by atoms with Gasteiger partial charge in [-0.2, -0.15) is 0 Å². The van der Waals surface area contributed by atoms with Crippen molar-refractivity contribution in [1.29, 1.82) is 0 Å². The number of hydrogen-bond acceptors (Lipinski definition) is 4. The number of amides is 2. The summed E-state index contributed by atoms with van der Waals surface area (Å²) in [4.78, 5) is 31.7. The summed E-state index contributed by atoms with van der Waals surface area (Å²) in [6.07, 6.45) is -0.998. The van der Waals surface area contributed by atoms with E-state index in [0.717, 1.165) is 6.07 Å². The topological polar surface area (TPSA) is 94.0 Å². The van der Waals surface area contributed by atoms with Crippen LogP contribution in [0.5, 0.6) is 5.75 Å². The number of phenols is 1. The number of carbonyl (C=O) groups excluding carboxylic acids is 1.